The molecule has 0 amide bonds. The Kier molecular flexibility index (Phi) is 4.91. The van der Waals surface area contributed by atoms with Crippen LogP contribution in [0.5, 0.6) is 0 Å². The molecule has 2 aromatic rings. The Morgan fingerprint density at radius 3 is 2.38 bits per heavy atom. The van der Waals surface area contributed by atoms with Crippen molar-refractivity contribution >= 4 is 10.0 Å². The van der Waals surface area contributed by atoms with Crippen molar-refractivity contribution in [2.75, 3.05) is 19.8 Å². The predicted octanol–water partition coefficient (Wildman–Crippen LogP) is 1.22. The van der Waals surface area contributed by atoms with Gasteiger partial charge < -0.3 is 9.47 Å². The average Bonchev–Trinajstić information content (AvgIpc) is 3.04. The van der Waals surface area contributed by atoms with Gasteiger partial charge in [0.2, 0.25) is 10.0 Å². The highest BCUT2D eigenvalue weighted by Gasteiger charge is 2.33. The summed E-state index contributed by atoms with van der Waals surface area (Å²) in [5.74, 6) is -0.209. The van der Waals surface area contributed by atoms with Crippen LogP contribution in [0, 0.1) is 0 Å². The van der Waals surface area contributed by atoms with Gasteiger partial charge >= 0.3 is 0 Å². The Balaban J connectivity index is 1.64. The van der Waals surface area contributed by atoms with Gasteiger partial charge in [-0.05, 0) is 25.1 Å². The van der Waals surface area contributed by atoms with E-state index in [1.165, 1.54) is 0 Å². The number of rotatable bonds is 6. The van der Waals surface area contributed by atoms with E-state index in [1.807, 2.05) is 6.92 Å². The van der Waals surface area contributed by atoms with E-state index in [2.05, 4.69) is 14.7 Å². The van der Waals surface area contributed by atoms with E-state index in [4.69, 9.17) is 9.47 Å². The number of hydrogen-bond donors (Lipinski definition) is 1. The molecule has 24 heavy (non-hydrogen) atoms. The van der Waals surface area contributed by atoms with E-state index < -0.39 is 15.8 Å². The summed E-state index contributed by atoms with van der Waals surface area (Å²) in [5, 5.41) is 0. The van der Waals surface area contributed by atoms with Gasteiger partial charge in [-0.25, -0.2) is 23.1 Å². The number of hydrogen-bond acceptors (Lipinski definition) is 6. The van der Waals surface area contributed by atoms with Crippen LogP contribution in [0.2, 0.25) is 0 Å². The highest BCUT2D eigenvalue weighted by Crippen LogP contribution is 2.31. The van der Waals surface area contributed by atoms with Gasteiger partial charge in [0, 0.05) is 30.9 Å². The zero-order valence-corrected chi connectivity index (χ0v) is 14.1. The lowest BCUT2D eigenvalue weighted by atomic mass is 10.1. The van der Waals surface area contributed by atoms with Gasteiger partial charge in [-0.3, -0.25) is 0 Å². The van der Waals surface area contributed by atoms with Crippen LogP contribution in [0.3, 0.4) is 0 Å². The molecule has 1 N–H and O–H groups in total. The van der Waals surface area contributed by atoms with Crippen LogP contribution in [-0.2, 0) is 31.7 Å². The van der Waals surface area contributed by atoms with E-state index in [9.17, 15) is 8.42 Å². The van der Waals surface area contributed by atoms with E-state index in [0.29, 0.717) is 25.5 Å². The smallest absolute Gasteiger partial charge is 0.240 e. The maximum absolute atomic E-state index is 12.3. The van der Waals surface area contributed by atoms with Crippen LogP contribution in [0.4, 0.5) is 0 Å². The molecular formula is C16H19N3O4S. The summed E-state index contributed by atoms with van der Waals surface area (Å²) in [6.07, 6.45) is 3.69. The summed E-state index contributed by atoms with van der Waals surface area (Å²) in [4.78, 5) is 8.32. The van der Waals surface area contributed by atoms with Crippen molar-refractivity contribution in [2.45, 2.75) is 24.0 Å². The first-order valence-corrected chi connectivity index (χ1v) is 9.12. The quantitative estimate of drug-likeness (QED) is 0.843. The Labute approximate surface area is 141 Å². The second-order valence-corrected chi connectivity index (χ2v) is 7.25. The summed E-state index contributed by atoms with van der Waals surface area (Å²) in [7, 11) is -3.58. The Hall–Kier alpha value is -1.87. The molecule has 1 aromatic carbocycles. The highest BCUT2D eigenvalue weighted by molar-refractivity contribution is 7.89. The van der Waals surface area contributed by atoms with Gasteiger partial charge in [0.05, 0.1) is 18.1 Å². The first-order chi connectivity index (χ1) is 11.5. The zero-order valence-electron chi connectivity index (χ0n) is 13.3. The number of aromatic nitrogens is 2. The summed E-state index contributed by atoms with van der Waals surface area (Å²) in [6, 6.07) is 8.23. The number of nitrogens with zero attached hydrogens (tertiary/aromatic N) is 2. The number of benzene rings is 1. The molecular weight excluding hydrogens is 330 g/mol. The van der Waals surface area contributed by atoms with Gasteiger partial charge in [0.15, 0.2) is 5.79 Å². The molecule has 0 bridgehead atoms. The van der Waals surface area contributed by atoms with Crippen molar-refractivity contribution in [2.24, 2.45) is 0 Å². The van der Waals surface area contributed by atoms with Crippen LogP contribution >= 0.6 is 0 Å². The standard InChI is InChI=1S/C16H19N3O4S/c1-16(22-11-12-23-16)13-3-5-14(6-4-13)24(20,21)19-10-7-15-17-8-2-9-18-15/h2-6,8-9,19H,7,10-12H2,1H3. The molecule has 2 heterocycles. The Bertz CT molecular complexity index is 773. The Morgan fingerprint density at radius 1 is 1.12 bits per heavy atom. The maximum Gasteiger partial charge on any atom is 0.240 e. The molecule has 3 rings (SSSR count). The Morgan fingerprint density at radius 2 is 1.75 bits per heavy atom. The molecule has 1 fully saturated rings. The molecule has 1 aliphatic heterocycles. The van der Waals surface area contributed by atoms with Crippen LogP contribution in [0.15, 0.2) is 47.6 Å². The van der Waals surface area contributed by atoms with E-state index in [1.54, 1.807) is 42.7 Å². The van der Waals surface area contributed by atoms with Gasteiger partial charge in [0.25, 0.3) is 0 Å². The molecule has 1 aromatic heterocycles. The third-order valence-electron chi connectivity index (χ3n) is 3.79. The fourth-order valence-electron chi connectivity index (χ4n) is 2.46. The predicted molar refractivity (Wildman–Crippen MR) is 86.6 cm³/mol. The molecule has 1 saturated heterocycles. The largest absolute Gasteiger partial charge is 0.344 e. The number of nitrogens with one attached hydrogen (secondary N) is 1. The molecule has 128 valence electrons. The summed E-state index contributed by atoms with van der Waals surface area (Å²) in [5.41, 5.74) is 0.789. The lowest BCUT2D eigenvalue weighted by Crippen LogP contribution is -2.27. The van der Waals surface area contributed by atoms with Gasteiger partial charge in [0.1, 0.15) is 5.82 Å². The first-order valence-electron chi connectivity index (χ1n) is 7.64. The first kappa shape index (κ1) is 17.0. The second-order valence-electron chi connectivity index (χ2n) is 5.48. The van der Waals surface area contributed by atoms with Crippen molar-refractivity contribution in [3.8, 4) is 0 Å². The fraction of sp³-hybridized carbons (Fsp3) is 0.375. The van der Waals surface area contributed by atoms with E-state index in [-0.39, 0.29) is 11.4 Å². The monoisotopic (exact) mass is 349 g/mol. The zero-order chi connectivity index (χ0) is 17.0. The molecule has 7 nitrogen and oxygen atoms in total. The number of ether oxygens (including phenoxy) is 2. The summed E-state index contributed by atoms with van der Waals surface area (Å²) >= 11 is 0. The summed E-state index contributed by atoms with van der Waals surface area (Å²) in [6.45, 7) is 3.11. The molecule has 0 atom stereocenters. The maximum atomic E-state index is 12.3. The topological polar surface area (TPSA) is 90.4 Å². The third kappa shape index (κ3) is 3.78. The van der Waals surface area contributed by atoms with Crippen molar-refractivity contribution in [1.82, 2.24) is 14.7 Å². The van der Waals surface area contributed by atoms with Crippen molar-refractivity contribution in [1.29, 1.82) is 0 Å². The molecule has 8 heteroatoms. The van der Waals surface area contributed by atoms with Gasteiger partial charge in [-0.1, -0.05) is 12.1 Å². The lowest BCUT2D eigenvalue weighted by molar-refractivity contribution is -0.149. The van der Waals surface area contributed by atoms with Crippen molar-refractivity contribution in [3.63, 3.8) is 0 Å². The van der Waals surface area contributed by atoms with Crippen molar-refractivity contribution < 1.29 is 17.9 Å². The molecule has 0 spiro atoms. The van der Waals surface area contributed by atoms with Crippen LogP contribution in [0.1, 0.15) is 18.3 Å². The normalized spacial score (nSPS) is 17.0. The van der Waals surface area contributed by atoms with E-state index >= 15 is 0 Å². The van der Waals surface area contributed by atoms with E-state index in [0.717, 1.165) is 5.56 Å². The van der Waals surface area contributed by atoms with Crippen molar-refractivity contribution in [3.05, 3.63) is 54.1 Å². The lowest BCUT2D eigenvalue weighted by Gasteiger charge is -2.22. The number of sulfonamides is 1. The average molecular weight is 349 g/mol. The molecule has 0 saturated carbocycles. The third-order valence-corrected chi connectivity index (χ3v) is 5.26. The minimum atomic E-state index is -3.58. The summed E-state index contributed by atoms with van der Waals surface area (Å²) < 4.78 is 38.3. The van der Waals surface area contributed by atoms with Gasteiger partial charge in [-0.2, -0.15) is 0 Å². The highest BCUT2D eigenvalue weighted by atomic mass is 32.2. The van der Waals surface area contributed by atoms with Crippen LogP contribution < -0.4 is 4.72 Å². The molecule has 0 unspecified atom stereocenters. The fourth-order valence-corrected chi connectivity index (χ4v) is 3.49. The SMILES string of the molecule is CC1(c2ccc(S(=O)(=O)NCCc3ncccn3)cc2)OCCO1. The minimum Gasteiger partial charge on any atom is -0.344 e. The van der Waals surface area contributed by atoms with Gasteiger partial charge in [-0.15, -0.1) is 0 Å². The van der Waals surface area contributed by atoms with Crippen LogP contribution in [-0.4, -0.2) is 38.1 Å². The molecule has 0 radical (unpaired) electrons. The molecule has 0 aliphatic carbocycles. The van der Waals surface area contributed by atoms with Crippen LogP contribution in [0.25, 0.3) is 0 Å². The minimum absolute atomic E-state index is 0.196. The second kappa shape index (κ2) is 6.94. The molecule has 1 aliphatic rings.